The molecule has 0 saturated heterocycles. The fourth-order valence-electron chi connectivity index (χ4n) is 1.91. The van der Waals surface area contributed by atoms with Crippen LogP contribution in [-0.4, -0.2) is 4.98 Å². The lowest BCUT2D eigenvalue weighted by Gasteiger charge is -2.02. The molecule has 18 heavy (non-hydrogen) atoms. The van der Waals surface area contributed by atoms with Crippen molar-refractivity contribution >= 4 is 27.2 Å². The number of anilines is 1. The van der Waals surface area contributed by atoms with Crippen LogP contribution in [0.1, 0.15) is 5.56 Å². The first-order chi connectivity index (χ1) is 8.65. The largest absolute Gasteiger partial charge is 0.398 e. The first kappa shape index (κ1) is 11.2. The topological polar surface area (TPSA) is 38.9 Å². The zero-order chi connectivity index (χ0) is 12.7. The van der Waals surface area contributed by atoms with Crippen molar-refractivity contribution < 1.29 is 4.39 Å². The van der Waals surface area contributed by atoms with E-state index in [-0.39, 0.29) is 5.82 Å². The van der Waals surface area contributed by atoms with Gasteiger partial charge in [0.2, 0.25) is 0 Å². The molecule has 0 amide bonds. The van der Waals surface area contributed by atoms with Crippen molar-refractivity contribution in [3.05, 3.63) is 47.8 Å². The van der Waals surface area contributed by atoms with Crippen LogP contribution in [0.4, 0.5) is 10.1 Å². The predicted molar refractivity (Wildman–Crippen MR) is 74.2 cm³/mol. The van der Waals surface area contributed by atoms with Crippen molar-refractivity contribution in [3.8, 4) is 10.6 Å². The third-order valence-electron chi connectivity index (χ3n) is 2.80. The number of rotatable bonds is 1. The number of nitrogen functional groups attached to an aromatic ring is 1. The second kappa shape index (κ2) is 4.07. The molecule has 0 aliphatic heterocycles. The predicted octanol–water partition coefficient (Wildman–Crippen LogP) is 3.99. The van der Waals surface area contributed by atoms with E-state index in [9.17, 15) is 4.39 Å². The molecule has 2 aromatic carbocycles. The van der Waals surface area contributed by atoms with Gasteiger partial charge in [0.1, 0.15) is 10.8 Å². The van der Waals surface area contributed by atoms with Gasteiger partial charge in [-0.1, -0.05) is 12.1 Å². The third-order valence-corrected chi connectivity index (χ3v) is 3.86. The monoisotopic (exact) mass is 258 g/mol. The molecular formula is C14H11FN2S. The van der Waals surface area contributed by atoms with E-state index in [1.807, 2.05) is 25.1 Å². The van der Waals surface area contributed by atoms with Gasteiger partial charge in [-0.15, -0.1) is 11.3 Å². The van der Waals surface area contributed by atoms with Gasteiger partial charge in [-0.05, 0) is 36.8 Å². The Kier molecular flexibility index (Phi) is 2.52. The number of aromatic nitrogens is 1. The van der Waals surface area contributed by atoms with Crippen LogP contribution in [0.25, 0.3) is 20.8 Å². The van der Waals surface area contributed by atoms with E-state index in [0.717, 1.165) is 15.8 Å². The van der Waals surface area contributed by atoms with Crippen LogP contribution in [0.5, 0.6) is 0 Å². The Labute approximate surface area is 108 Å². The highest BCUT2D eigenvalue weighted by Gasteiger charge is 2.13. The van der Waals surface area contributed by atoms with Crippen LogP contribution < -0.4 is 5.73 Å². The number of nitrogens with zero attached hydrogens (tertiary/aromatic N) is 1. The molecule has 0 unspecified atom stereocenters. The van der Waals surface area contributed by atoms with Gasteiger partial charge in [-0.3, -0.25) is 0 Å². The van der Waals surface area contributed by atoms with Crippen LogP contribution >= 0.6 is 11.3 Å². The second-order valence-corrected chi connectivity index (χ2v) is 5.22. The minimum Gasteiger partial charge on any atom is -0.398 e. The molecular weight excluding hydrogens is 247 g/mol. The van der Waals surface area contributed by atoms with Crippen molar-refractivity contribution in [2.24, 2.45) is 0 Å². The lowest BCUT2D eigenvalue weighted by Crippen LogP contribution is -1.92. The molecule has 3 aromatic rings. The van der Waals surface area contributed by atoms with Crippen molar-refractivity contribution in [2.45, 2.75) is 6.92 Å². The summed E-state index contributed by atoms with van der Waals surface area (Å²) < 4.78 is 14.9. The number of nitrogens with two attached hydrogens (primary N) is 1. The molecule has 2 N–H and O–H groups in total. The van der Waals surface area contributed by atoms with E-state index in [1.54, 1.807) is 12.1 Å². The average molecular weight is 258 g/mol. The summed E-state index contributed by atoms with van der Waals surface area (Å²) in [6.45, 7) is 2.01. The second-order valence-electron chi connectivity index (χ2n) is 4.19. The smallest absolute Gasteiger partial charge is 0.135 e. The van der Waals surface area contributed by atoms with E-state index >= 15 is 0 Å². The quantitative estimate of drug-likeness (QED) is 0.670. The van der Waals surface area contributed by atoms with Crippen molar-refractivity contribution in [1.82, 2.24) is 4.98 Å². The summed E-state index contributed by atoms with van der Waals surface area (Å²) >= 11 is 1.46. The molecule has 0 radical (unpaired) electrons. The van der Waals surface area contributed by atoms with Crippen LogP contribution in [0.2, 0.25) is 0 Å². The summed E-state index contributed by atoms with van der Waals surface area (Å²) in [5.41, 5.74) is 8.68. The summed E-state index contributed by atoms with van der Waals surface area (Å²) in [7, 11) is 0. The van der Waals surface area contributed by atoms with E-state index in [2.05, 4.69) is 4.98 Å². The maximum absolute atomic E-state index is 13.8. The maximum Gasteiger partial charge on any atom is 0.135 e. The zero-order valence-corrected chi connectivity index (χ0v) is 10.6. The first-order valence-electron chi connectivity index (χ1n) is 5.57. The highest BCUT2D eigenvalue weighted by molar-refractivity contribution is 7.21. The molecule has 0 saturated carbocycles. The lowest BCUT2D eigenvalue weighted by molar-refractivity contribution is 0.632. The molecule has 0 aliphatic rings. The van der Waals surface area contributed by atoms with Crippen LogP contribution in [0.15, 0.2) is 36.4 Å². The average Bonchev–Trinajstić information content (AvgIpc) is 2.71. The van der Waals surface area contributed by atoms with Gasteiger partial charge in [-0.25, -0.2) is 9.37 Å². The Morgan fingerprint density at radius 3 is 2.83 bits per heavy atom. The van der Waals surface area contributed by atoms with Gasteiger partial charge in [0.15, 0.2) is 0 Å². The molecule has 90 valence electrons. The van der Waals surface area contributed by atoms with Crippen molar-refractivity contribution in [3.63, 3.8) is 0 Å². The zero-order valence-electron chi connectivity index (χ0n) is 9.77. The number of aryl methyl sites for hydroxylation is 1. The Morgan fingerprint density at radius 1 is 1.22 bits per heavy atom. The Bertz CT molecular complexity index is 713. The maximum atomic E-state index is 13.8. The van der Waals surface area contributed by atoms with E-state index in [0.29, 0.717) is 16.3 Å². The molecule has 2 nitrogen and oxygen atoms in total. The summed E-state index contributed by atoms with van der Waals surface area (Å²) in [5, 5.41) is 0.631. The standard InChI is InChI=1S/C14H11FN2S/c1-8-5-6-12-11(7-8)17-14(18-12)13-9(15)3-2-4-10(13)16/h2-7H,16H2,1H3. The van der Waals surface area contributed by atoms with Gasteiger partial charge >= 0.3 is 0 Å². The van der Waals surface area contributed by atoms with E-state index in [1.165, 1.54) is 17.4 Å². The minimum absolute atomic E-state index is 0.328. The van der Waals surface area contributed by atoms with Crippen LogP contribution in [0, 0.1) is 12.7 Å². The number of halogens is 1. The number of thiazole rings is 1. The molecule has 0 atom stereocenters. The van der Waals surface area contributed by atoms with E-state index < -0.39 is 0 Å². The molecule has 0 fully saturated rings. The van der Waals surface area contributed by atoms with Gasteiger partial charge < -0.3 is 5.73 Å². The van der Waals surface area contributed by atoms with Gasteiger partial charge in [-0.2, -0.15) is 0 Å². The molecule has 0 aliphatic carbocycles. The highest BCUT2D eigenvalue weighted by Crippen LogP contribution is 2.35. The molecule has 0 bridgehead atoms. The van der Waals surface area contributed by atoms with E-state index in [4.69, 9.17) is 5.73 Å². The summed E-state index contributed by atoms with van der Waals surface area (Å²) in [5.74, 6) is -0.328. The molecule has 3 rings (SSSR count). The number of benzene rings is 2. The van der Waals surface area contributed by atoms with Crippen LogP contribution in [-0.2, 0) is 0 Å². The molecule has 1 heterocycles. The minimum atomic E-state index is -0.328. The van der Waals surface area contributed by atoms with Crippen LogP contribution in [0.3, 0.4) is 0 Å². The third kappa shape index (κ3) is 1.75. The molecule has 0 spiro atoms. The van der Waals surface area contributed by atoms with Crippen molar-refractivity contribution in [2.75, 3.05) is 5.73 Å². The fraction of sp³-hybridized carbons (Fsp3) is 0.0714. The first-order valence-corrected chi connectivity index (χ1v) is 6.38. The van der Waals surface area contributed by atoms with Gasteiger partial charge in [0.25, 0.3) is 0 Å². The lowest BCUT2D eigenvalue weighted by atomic mass is 10.2. The summed E-state index contributed by atoms with van der Waals surface area (Å²) in [6, 6.07) is 10.7. The molecule has 1 aromatic heterocycles. The normalized spacial score (nSPS) is 11.0. The number of hydrogen-bond acceptors (Lipinski definition) is 3. The van der Waals surface area contributed by atoms with Gasteiger partial charge in [0.05, 0.1) is 15.8 Å². The number of hydrogen-bond donors (Lipinski definition) is 1. The number of fused-ring (bicyclic) bond motifs is 1. The van der Waals surface area contributed by atoms with Gasteiger partial charge in [0, 0.05) is 5.69 Å². The van der Waals surface area contributed by atoms with Crippen molar-refractivity contribution in [1.29, 1.82) is 0 Å². The summed E-state index contributed by atoms with van der Waals surface area (Å²) in [4.78, 5) is 4.46. The summed E-state index contributed by atoms with van der Waals surface area (Å²) in [6.07, 6.45) is 0. The fourth-order valence-corrected chi connectivity index (χ4v) is 2.93. The SMILES string of the molecule is Cc1ccc2sc(-c3c(N)cccc3F)nc2c1. The highest BCUT2D eigenvalue weighted by atomic mass is 32.1. The Balaban J connectivity index is 2.26. The molecule has 4 heteroatoms. The Morgan fingerprint density at radius 2 is 2.06 bits per heavy atom. The Hall–Kier alpha value is -1.94.